The largest absolute Gasteiger partial charge is 0.508 e. The molecule has 0 amide bonds. The molecule has 3 heteroatoms. The molecular formula is C35H42O3. The van der Waals surface area contributed by atoms with E-state index in [1.54, 1.807) is 24.3 Å². The Hall–Kier alpha value is -3.72. The van der Waals surface area contributed by atoms with E-state index in [0.717, 1.165) is 22.3 Å². The molecule has 0 bridgehead atoms. The van der Waals surface area contributed by atoms with Crippen LogP contribution in [0.15, 0.2) is 78.9 Å². The van der Waals surface area contributed by atoms with E-state index in [1.807, 2.05) is 50.2 Å². The van der Waals surface area contributed by atoms with E-state index in [0.29, 0.717) is 29.1 Å². The van der Waals surface area contributed by atoms with E-state index in [-0.39, 0.29) is 5.41 Å². The van der Waals surface area contributed by atoms with E-state index in [9.17, 15) is 15.3 Å². The summed E-state index contributed by atoms with van der Waals surface area (Å²) in [5.41, 5.74) is 9.03. The smallest absolute Gasteiger partial charge is 0.118 e. The molecule has 0 unspecified atom stereocenters. The third kappa shape index (κ3) is 6.58. The average Bonchev–Trinajstić information content (AvgIpc) is 2.87. The molecular weight excluding hydrogens is 468 g/mol. The van der Waals surface area contributed by atoms with Crippen molar-refractivity contribution in [2.75, 3.05) is 0 Å². The molecule has 0 fully saturated rings. The summed E-state index contributed by atoms with van der Waals surface area (Å²) in [5, 5.41) is 28.7. The van der Waals surface area contributed by atoms with Gasteiger partial charge in [0.25, 0.3) is 0 Å². The van der Waals surface area contributed by atoms with Crippen molar-refractivity contribution in [2.24, 2.45) is 0 Å². The number of hydrogen-bond acceptors (Lipinski definition) is 3. The summed E-state index contributed by atoms with van der Waals surface area (Å²) in [5.74, 6) is 1.97. The maximum absolute atomic E-state index is 9.63. The Kier molecular flexibility index (Phi) is 8.93. The first-order chi connectivity index (χ1) is 17.8. The van der Waals surface area contributed by atoms with Gasteiger partial charge in [-0.15, -0.1) is 0 Å². The highest BCUT2D eigenvalue weighted by Gasteiger charge is 2.24. The molecule has 0 radical (unpaired) electrons. The van der Waals surface area contributed by atoms with E-state index >= 15 is 0 Å². The lowest BCUT2D eigenvalue weighted by Gasteiger charge is -2.27. The van der Waals surface area contributed by atoms with Crippen LogP contribution in [0.25, 0.3) is 11.1 Å². The second-order valence-corrected chi connectivity index (χ2v) is 11.3. The number of phenolic OH excluding ortho intramolecular Hbond substituents is 3. The maximum Gasteiger partial charge on any atom is 0.118 e. The molecule has 0 saturated carbocycles. The van der Waals surface area contributed by atoms with Gasteiger partial charge in [-0.3, -0.25) is 0 Å². The van der Waals surface area contributed by atoms with Crippen molar-refractivity contribution in [2.45, 2.75) is 72.6 Å². The second-order valence-electron chi connectivity index (χ2n) is 11.3. The fourth-order valence-corrected chi connectivity index (χ4v) is 4.58. The monoisotopic (exact) mass is 510 g/mol. The Balaban J connectivity index is 0.000000211. The lowest BCUT2D eigenvalue weighted by molar-refractivity contribution is 0.469. The van der Waals surface area contributed by atoms with Gasteiger partial charge in [0.15, 0.2) is 0 Å². The topological polar surface area (TPSA) is 60.7 Å². The number of aromatic hydroxyl groups is 3. The van der Waals surface area contributed by atoms with Gasteiger partial charge in [0.2, 0.25) is 0 Å². The molecule has 4 aromatic rings. The van der Waals surface area contributed by atoms with Crippen molar-refractivity contribution in [3.8, 4) is 28.4 Å². The lowest BCUT2D eigenvalue weighted by Crippen LogP contribution is -2.19. The van der Waals surface area contributed by atoms with Gasteiger partial charge in [0.05, 0.1) is 0 Å². The number of rotatable bonds is 5. The predicted octanol–water partition coefficient (Wildman–Crippen LogP) is 9.35. The summed E-state index contributed by atoms with van der Waals surface area (Å²) in [7, 11) is 0. The molecule has 0 aliphatic carbocycles. The molecule has 0 aromatic heterocycles. The van der Waals surface area contributed by atoms with Crippen molar-refractivity contribution >= 4 is 0 Å². The number of benzene rings is 4. The van der Waals surface area contributed by atoms with Gasteiger partial charge in [-0.05, 0) is 94.5 Å². The van der Waals surface area contributed by atoms with Gasteiger partial charge in [-0.1, -0.05) is 96.1 Å². The first-order valence-corrected chi connectivity index (χ1v) is 13.3. The molecule has 4 rings (SSSR count). The van der Waals surface area contributed by atoms with Crippen LogP contribution in [0.2, 0.25) is 0 Å². The fourth-order valence-electron chi connectivity index (χ4n) is 4.58. The molecule has 38 heavy (non-hydrogen) atoms. The summed E-state index contributed by atoms with van der Waals surface area (Å²) in [6.45, 7) is 16.9. The molecule has 0 aliphatic heterocycles. The molecule has 0 spiro atoms. The predicted molar refractivity (Wildman–Crippen MR) is 160 cm³/mol. The van der Waals surface area contributed by atoms with Gasteiger partial charge in [-0.2, -0.15) is 0 Å². The van der Waals surface area contributed by atoms with Crippen LogP contribution in [0.1, 0.15) is 86.8 Å². The third-order valence-corrected chi connectivity index (χ3v) is 7.38. The van der Waals surface area contributed by atoms with Crippen LogP contribution >= 0.6 is 0 Å². The van der Waals surface area contributed by atoms with Crippen molar-refractivity contribution < 1.29 is 15.3 Å². The normalized spacial score (nSPS) is 11.4. The van der Waals surface area contributed by atoms with E-state index in [1.165, 1.54) is 22.3 Å². The molecule has 3 N–H and O–H groups in total. The highest BCUT2D eigenvalue weighted by atomic mass is 16.3. The standard InChI is InChI=1S/C18H22O.C17H20O2/c1-12(2)15-7-10-17(13(3)4)18(11-15)14-5-8-16(19)9-6-14;1-11-9-13(5-7-15(11)18)17(3,4)14-6-8-16(19)12(2)10-14/h5-13,19H,1-4H3;5-10,18-19H,1-4H3. The van der Waals surface area contributed by atoms with Crippen LogP contribution in [0.3, 0.4) is 0 Å². The van der Waals surface area contributed by atoms with Crippen LogP contribution in [0, 0.1) is 13.8 Å². The zero-order chi connectivity index (χ0) is 28.2. The van der Waals surface area contributed by atoms with Crippen LogP contribution in [-0.4, -0.2) is 15.3 Å². The van der Waals surface area contributed by atoms with Crippen LogP contribution < -0.4 is 0 Å². The minimum atomic E-state index is -0.170. The highest BCUT2D eigenvalue weighted by molar-refractivity contribution is 5.69. The average molecular weight is 511 g/mol. The Morgan fingerprint density at radius 2 is 1.08 bits per heavy atom. The van der Waals surface area contributed by atoms with Gasteiger partial charge < -0.3 is 15.3 Å². The number of aryl methyl sites for hydroxylation is 2. The van der Waals surface area contributed by atoms with Crippen LogP contribution in [0.5, 0.6) is 17.2 Å². The number of phenols is 3. The lowest BCUT2D eigenvalue weighted by atomic mass is 9.77. The number of hydrogen-bond donors (Lipinski definition) is 3. The third-order valence-electron chi connectivity index (χ3n) is 7.38. The maximum atomic E-state index is 9.63. The summed E-state index contributed by atoms with van der Waals surface area (Å²) in [6.07, 6.45) is 0. The summed E-state index contributed by atoms with van der Waals surface area (Å²) < 4.78 is 0. The molecule has 0 atom stereocenters. The van der Waals surface area contributed by atoms with Crippen molar-refractivity contribution in [3.63, 3.8) is 0 Å². The van der Waals surface area contributed by atoms with Gasteiger partial charge in [-0.25, -0.2) is 0 Å². The second kappa shape index (κ2) is 11.8. The summed E-state index contributed by atoms with van der Waals surface area (Å²) in [4.78, 5) is 0. The molecule has 0 heterocycles. The van der Waals surface area contributed by atoms with Crippen molar-refractivity contribution in [1.82, 2.24) is 0 Å². The highest BCUT2D eigenvalue weighted by Crippen LogP contribution is 2.36. The Morgan fingerprint density at radius 3 is 1.50 bits per heavy atom. The molecule has 0 aliphatic rings. The SMILES string of the molecule is CC(C)c1ccc(C(C)C)c(-c2ccc(O)cc2)c1.Cc1cc(C(C)(C)c2ccc(O)c(C)c2)ccc1O. The first kappa shape index (κ1) is 28.8. The minimum absolute atomic E-state index is 0.170. The van der Waals surface area contributed by atoms with E-state index < -0.39 is 0 Å². The fraction of sp³-hybridized carbons (Fsp3) is 0.314. The summed E-state index contributed by atoms with van der Waals surface area (Å²) in [6, 6.07) is 25.6. The Bertz CT molecular complexity index is 1330. The molecule has 0 saturated heterocycles. The molecule has 4 aromatic carbocycles. The van der Waals surface area contributed by atoms with Crippen molar-refractivity contribution in [1.29, 1.82) is 0 Å². The molecule has 3 nitrogen and oxygen atoms in total. The minimum Gasteiger partial charge on any atom is -0.508 e. The summed E-state index contributed by atoms with van der Waals surface area (Å²) >= 11 is 0. The van der Waals surface area contributed by atoms with Crippen LogP contribution in [-0.2, 0) is 5.41 Å². The van der Waals surface area contributed by atoms with Gasteiger partial charge in [0.1, 0.15) is 17.2 Å². The Labute approximate surface area is 228 Å². The van der Waals surface area contributed by atoms with Crippen molar-refractivity contribution in [3.05, 3.63) is 112 Å². The zero-order valence-corrected chi connectivity index (χ0v) is 24.0. The Morgan fingerprint density at radius 1 is 0.579 bits per heavy atom. The zero-order valence-electron chi connectivity index (χ0n) is 24.0. The van der Waals surface area contributed by atoms with E-state index in [4.69, 9.17) is 0 Å². The quantitative estimate of drug-likeness (QED) is 0.251. The first-order valence-electron chi connectivity index (χ1n) is 13.3. The van der Waals surface area contributed by atoms with Gasteiger partial charge in [0, 0.05) is 5.41 Å². The van der Waals surface area contributed by atoms with Crippen LogP contribution in [0.4, 0.5) is 0 Å². The van der Waals surface area contributed by atoms with Gasteiger partial charge >= 0.3 is 0 Å². The molecule has 200 valence electrons. The van der Waals surface area contributed by atoms with E-state index in [2.05, 4.69) is 59.7 Å².